The molecule has 0 N–H and O–H groups in total. The molecule has 0 bridgehead atoms. The monoisotopic (exact) mass is 360 g/mol. The van der Waals surface area contributed by atoms with Gasteiger partial charge in [-0.05, 0) is 19.8 Å². The van der Waals surface area contributed by atoms with Crippen LogP contribution in [0.4, 0.5) is 26.3 Å². The average Bonchev–Trinajstić information content (AvgIpc) is 2.26. The lowest BCUT2D eigenvalue weighted by atomic mass is 10.0. The predicted octanol–water partition coefficient (Wildman–Crippen LogP) is 2.68. The van der Waals surface area contributed by atoms with Crippen molar-refractivity contribution in [1.29, 1.82) is 0 Å². The summed E-state index contributed by atoms with van der Waals surface area (Å²) in [4.78, 5) is 0. The van der Waals surface area contributed by atoms with Crippen molar-refractivity contribution in [2.24, 2.45) is 0 Å². The van der Waals surface area contributed by atoms with Crippen LogP contribution >= 0.6 is 0 Å². The van der Waals surface area contributed by atoms with Crippen molar-refractivity contribution in [2.45, 2.75) is 41.3 Å². The maximum atomic E-state index is 12.6. The summed E-state index contributed by atoms with van der Waals surface area (Å²) in [7, 11) is -13.2. The SMILES string of the molecule is CC1=CCC(S(=O)(=O)C(F)(F)F)(S(=O)(=O)C(F)(F)F)CC1. The number of hydrogen-bond donors (Lipinski definition) is 0. The molecule has 0 atom stereocenters. The van der Waals surface area contributed by atoms with Gasteiger partial charge in [0.15, 0.2) is 4.08 Å². The van der Waals surface area contributed by atoms with E-state index in [1.54, 1.807) is 0 Å². The highest BCUT2D eigenvalue weighted by atomic mass is 32.3. The Labute approximate surface area is 116 Å². The van der Waals surface area contributed by atoms with E-state index < -0.39 is 54.0 Å². The Kier molecular flexibility index (Phi) is 4.23. The maximum absolute atomic E-state index is 12.6. The van der Waals surface area contributed by atoms with E-state index in [0.717, 1.165) is 6.08 Å². The fourth-order valence-corrected chi connectivity index (χ4v) is 5.89. The normalized spacial score (nSPS) is 21.0. The van der Waals surface area contributed by atoms with Gasteiger partial charge >= 0.3 is 11.0 Å². The largest absolute Gasteiger partial charge is 0.498 e. The van der Waals surface area contributed by atoms with Crippen molar-refractivity contribution >= 4 is 19.7 Å². The number of alkyl halides is 6. The van der Waals surface area contributed by atoms with Crippen LogP contribution in [0, 0.1) is 0 Å². The molecule has 0 saturated heterocycles. The highest BCUT2D eigenvalue weighted by Gasteiger charge is 2.72. The summed E-state index contributed by atoms with van der Waals surface area (Å²) in [6.07, 6.45) is -2.40. The summed E-state index contributed by atoms with van der Waals surface area (Å²) in [5.74, 6) is 0. The third-order valence-corrected chi connectivity index (χ3v) is 8.49. The van der Waals surface area contributed by atoms with E-state index in [4.69, 9.17) is 0 Å². The molecule has 21 heavy (non-hydrogen) atoms. The lowest BCUT2D eigenvalue weighted by molar-refractivity contribution is -0.0495. The molecule has 0 amide bonds. The first kappa shape index (κ1) is 18.3. The minimum Gasteiger partial charge on any atom is -0.218 e. The van der Waals surface area contributed by atoms with Crippen LogP contribution in [0.15, 0.2) is 11.6 Å². The van der Waals surface area contributed by atoms with Gasteiger partial charge < -0.3 is 0 Å². The fraction of sp³-hybridized carbons (Fsp3) is 0.778. The molecule has 0 spiro atoms. The summed E-state index contributed by atoms with van der Waals surface area (Å²) in [5.41, 5.74) is -11.9. The maximum Gasteiger partial charge on any atom is 0.498 e. The third-order valence-electron chi connectivity index (χ3n) is 3.25. The van der Waals surface area contributed by atoms with Gasteiger partial charge in [0, 0.05) is 6.42 Å². The highest BCUT2D eigenvalue weighted by molar-refractivity contribution is 8.11. The van der Waals surface area contributed by atoms with Crippen molar-refractivity contribution in [3.05, 3.63) is 11.6 Å². The molecule has 0 aromatic rings. The van der Waals surface area contributed by atoms with Gasteiger partial charge in [-0.25, -0.2) is 16.8 Å². The predicted molar refractivity (Wildman–Crippen MR) is 60.3 cm³/mol. The Morgan fingerprint density at radius 3 is 1.57 bits per heavy atom. The Balaban J connectivity index is 3.72. The van der Waals surface area contributed by atoms with Gasteiger partial charge in [0.25, 0.3) is 19.7 Å². The summed E-state index contributed by atoms with van der Waals surface area (Å²) in [6.45, 7) is 1.35. The van der Waals surface area contributed by atoms with Crippen LogP contribution in [-0.4, -0.2) is 31.9 Å². The van der Waals surface area contributed by atoms with Crippen LogP contribution in [0.5, 0.6) is 0 Å². The molecule has 0 unspecified atom stereocenters. The molecule has 124 valence electrons. The molecule has 1 rings (SSSR count). The molecule has 0 aliphatic heterocycles. The summed E-state index contributed by atoms with van der Waals surface area (Å²) in [6, 6.07) is 0. The van der Waals surface area contributed by atoms with E-state index >= 15 is 0 Å². The van der Waals surface area contributed by atoms with Gasteiger partial charge in [0.05, 0.1) is 0 Å². The average molecular weight is 360 g/mol. The van der Waals surface area contributed by atoms with E-state index in [2.05, 4.69) is 0 Å². The zero-order valence-electron chi connectivity index (χ0n) is 10.4. The molecule has 0 heterocycles. The first-order chi connectivity index (χ1) is 9.10. The minimum absolute atomic E-state index is 0.320. The zero-order valence-corrected chi connectivity index (χ0v) is 12.0. The number of halogens is 6. The van der Waals surface area contributed by atoms with Crippen LogP contribution in [0.3, 0.4) is 0 Å². The Bertz CT molecular complexity index is 609. The van der Waals surface area contributed by atoms with Crippen molar-refractivity contribution in [3.63, 3.8) is 0 Å². The first-order valence-corrected chi connectivity index (χ1v) is 8.34. The zero-order chi connectivity index (χ0) is 16.9. The second-order valence-corrected chi connectivity index (χ2v) is 9.32. The molecule has 4 nitrogen and oxygen atoms in total. The first-order valence-electron chi connectivity index (χ1n) is 5.37. The van der Waals surface area contributed by atoms with Gasteiger partial charge in [0.2, 0.25) is 0 Å². The van der Waals surface area contributed by atoms with Gasteiger partial charge in [-0.3, -0.25) is 0 Å². The Hall–Kier alpha value is -0.780. The molecule has 1 aliphatic rings. The van der Waals surface area contributed by atoms with Crippen LogP contribution in [0.25, 0.3) is 0 Å². The molecule has 0 radical (unpaired) electrons. The quantitative estimate of drug-likeness (QED) is 0.561. The molecule has 0 saturated carbocycles. The van der Waals surface area contributed by atoms with Gasteiger partial charge in [-0.1, -0.05) is 11.6 Å². The molecule has 1 aliphatic carbocycles. The molecule has 0 aromatic heterocycles. The van der Waals surface area contributed by atoms with Gasteiger partial charge in [0.1, 0.15) is 0 Å². The smallest absolute Gasteiger partial charge is 0.218 e. The number of sulfone groups is 2. The molecule has 0 aromatic carbocycles. The Morgan fingerprint density at radius 1 is 0.952 bits per heavy atom. The van der Waals surface area contributed by atoms with Crippen molar-refractivity contribution in [2.75, 3.05) is 0 Å². The third kappa shape index (κ3) is 2.56. The summed E-state index contributed by atoms with van der Waals surface area (Å²) < 4.78 is 118. The summed E-state index contributed by atoms with van der Waals surface area (Å²) >= 11 is 0. The van der Waals surface area contributed by atoms with Gasteiger partial charge in [-0.2, -0.15) is 26.3 Å². The second-order valence-electron chi connectivity index (χ2n) is 4.56. The lowest BCUT2D eigenvalue weighted by Crippen LogP contribution is -2.56. The standard InChI is InChI=1S/C9H10F6O4S2/c1-6-2-4-7(5-3-6,20(16,17)8(10,11)12)21(18,19)9(13,14)15/h2H,3-5H2,1H3. The number of allylic oxidation sites excluding steroid dienone is 2. The van der Waals surface area contributed by atoms with E-state index in [1.807, 2.05) is 0 Å². The number of hydrogen-bond acceptors (Lipinski definition) is 4. The lowest BCUT2D eigenvalue weighted by Gasteiger charge is -2.35. The number of rotatable bonds is 2. The molecule has 12 heteroatoms. The highest BCUT2D eigenvalue weighted by Crippen LogP contribution is 2.50. The van der Waals surface area contributed by atoms with Crippen molar-refractivity contribution in [1.82, 2.24) is 0 Å². The topological polar surface area (TPSA) is 68.3 Å². The minimum atomic E-state index is -6.58. The van der Waals surface area contributed by atoms with E-state index in [1.165, 1.54) is 6.92 Å². The van der Waals surface area contributed by atoms with Crippen molar-refractivity contribution in [3.8, 4) is 0 Å². The van der Waals surface area contributed by atoms with Crippen LogP contribution in [-0.2, 0) is 19.7 Å². The molecular weight excluding hydrogens is 350 g/mol. The van der Waals surface area contributed by atoms with Crippen LogP contribution < -0.4 is 0 Å². The summed E-state index contributed by atoms with van der Waals surface area (Å²) in [5, 5.41) is 0. The van der Waals surface area contributed by atoms with E-state index in [0.29, 0.717) is 5.57 Å². The van der Waals surface area contributed by atoms with Crippen molar-refractivity contribution < 1.29 is 43.2 Å². The fourth-order valence-electron chi connectivity index (χ4n) is 1.98. The van der Waals surface area contributed by atoms with E-state index in [-0.39, 0.29) is 0 Å². The van der Waals surface area contributed by atoms with Gasteiger partial charge in [-0.15, -0.1) is 0 Å². The van der Waals surface area contributed by atoms with Crippen LogP contribution in [0.1, 0.15) is 26.2 Å². The van der Waals surface area contributed by atoms with E-state index in [9.17, 15) is 43.2 Å². The molecule has 0 fully saturated rings. The Morgan fingerprint density at radius 2 is 1.33 bits per heavy atom. The second kappa shape index (κ2) is 4.86. The molecular formula is C9H10F6O4S2. The van der Waals surface area contributed by atoms with Crippen LogP contribution in [0.2, 0.25) is 0 Å².